The van der Waals surface area contributed by atoms with Gasteiger partial charge in [0, 0.05) is 29.9 Å². The summed E-state index contributed by atoms with van der Waals surface area (Å²) in [5.41, 5.74) is 8.82. The summed E-state index contributed by atoms with van der Waals surface area (Å²) in [6.45, 7) is 1.08. The third-order valence-electron chi connectivity index (χ3n) is 2.14. The topological polar surface area (TPSA) is 90.8 Å². The van der Waals surface area contributed by atoms with Crippen LogP contribution < -0.4 is 5.32 Å². The van der Waals surface area contributed by atoms with Gasteiger partial charge >= 0.3 is 0 Å². The van der Waals surface area contributed by atoms with E-state index in [1.165, 1.54) is 0 Å². The molecule has 0 saturated heterocycles. The molecule has 0 saturated carbocycles. The van der Waals surface area contributed by atoms with E-state index in [9.17, 15) is 4.79 Å². The minimum Gasteiger partial charge on any atom is -0.356 e. The summed E-state index contributed by atoms with van der Waals surface area (Å²) in [7, 11) is 0. The van der Waals surface area contributed by atoms with E-state index in [2.05, 4.69) is 20.3 Å². The second-order valence-electron chi connectivity index (χ2n) is 3.51. The Labute approximate surface area is 99.7 Å². The lowest BCUT2D eigenvalue weighted by atomic mass is 10.2. The predicted molar refractivity (Wildman–Crippen MR) is 64.2 cm³/mol. The number of nitrogens with one attached hydrogen (secondary N) is 1. The molecule has 0 fully saturated rings. The number of pyridine rings is 1. The largest absolute Gasteiger partial charge is 0.356 e. The van der Waals surface area contributed by atoms with Gasteiger partial charge in [0.25, 0.3) is 0 Å². The first-order valence-corrected chi connectivity index (χ1v) is 5.50. The van der Waals surface area contributed by atoms with Crippen molar-refractivity contribution < 1.29 is 4.79 Å². The molecule has 0 atom stereocenters. The van der Waals surface area contributed by atoms with E-state index < -0.39 is 0 Å². The average molecular weight is 233 g/mol. The molecule has 1 heterocycles. The number of unbranched alkanes of at least 4 members (excludes halogenated alkanes) is 1. The molecule has 1 amide bonds. The number of hydrogen-bond donors (Lipinski definition) is 1. The smallest absolute Gasteiger partial charge is 0.226 e. The molecule has 17 heavy (non-hydrogen) atoms. The molecule has 0 spiro atoms. The quantitative estimate of drug-likeness (QED) is 0.337. The summed E-state index contributed by atoms with van der Waals surface area (Å²) in [6.07, 6.45) is 3.57. The van der Waals surface area contributed by atoms with Crippen molar-refractivity contribution in [2.75, 3.05) is 13.1 Å². The zero-order chi connectivity index (χ0) is 12.3. The number of carbonyl (C=O) groups excluding carboxylic acids is 1. The summed E-state index contributed by atoms with van der Waals surface area (Å²) < 4.78 is 0. The van der Waals surface area contributed by atoms with Gasteiger partial charge in [-0.05, 0) is 30.5 Å². The molecule has 6 heteroatoms. The van der Waals surface area contributed by atoms with Crippen molar-refractivity contribution in [3.05, 3.63) is 40.5 Å². The number of carbonyl (C=O) groups is 1. The second kappa shape index (κ2) is 8.13. The van der Waals surface area contributed by atoms with Gasteiger partial charge in [0.05, 0.1) is 6.42 Å². The van der Waals surface area contributed by atoms with Gasteiger partial charge in [0.15, 0.2) is 0 Å². The van der Waals surface area contributed by atoms with Crippen molar-refractivity contribution in [3.8, 4) is 0 Å². The Balaban J connectivity index is 2.11. The van der Waals surface area contributed by atoms with Gasteiger partial charge in [-0.1, -0.05) is 11.2 Å². The van der Waals surface area contributed by atoms with Crippen molar-refractivity contribution >= 4 is 5.91 Å². The van der Waals surface area contributed by atoms with E-state index in [0.717, 1.165) is 18.5 Å². The maximum atomic E-state index is 11.5. The molecule has 0 radical (unpaired) electrons. The fourth-order valence-electron chi connectivity index (χ4n) is 1.31. The van der Waals surface area contributed by atoms with Crippen LogP contribution in [0.15, 0.2) is 29.5 Å². The SMILES string of the molecule is [N-]=[N+]=NCCCCNC(=O)Cc1ccccn1. The fourth-order valence-corrected chi connectivity index (χ4v) is 1.31. The van der Waals surface area contributed by atoms with Crippen LogP contribution in [0.3, 0.4) is 0 Å². The molecule has 0 bridgehead atoms. The number of aromatic nitrogens is 1. The fraction of sp³-hybridized carbons (Fsp3) is 0.455. The Hall–Kier alpha value is -2.07. The van der Waals surface area contributed by atoms with Crippen LogP contribution >= 0.6 is 0 Å². The third-order valence-corrected chi connectivity index (χ3v) is 2.14. The Morgan fingerprint density at radius 1 is 1.47 bits per heavy atom. The molecule has 90 valence electrons. The van der Waals surface area contributed by atoms with Crippen LogP contribution in [0.25, 0.3) is 10.4 Å². The number of amides is 1. The first kappa shape index (κ1) is 13.0. The predicted octanol–water partition coefficient (Wildman–Crippen LogP) is 1.83. The standard InChI is InChI=1S/C11H15N5O/c12-16-15-8-4-3-7-14-11(17)9-10-5-1-2-6-13-10/h1-2,5-6H,3-4,7-9H2,(H,14,17). The molecule has 0 aromatic carbocycles. The van der Waals surface area contributed by atoms with Crippen LogP contribution in [0, 0.1) is 0 Å². The molecule has 0 aliphatic heterocycles. The first-order valence-electron chi connectivity index (χ1n) is 5.50. The highest BCUT2D eigenvalue weighted by molar-refractivity contribution is 5.77. The highest BCUT2D eigenvalue weighted by Crippen LogP contribution is 1.95. The summed E-state index contributed by atoms with van der Waals surface area (Å²) in [6, 6.07) is 5.49. The van der Waals surface area contributed by atoms with Crippen molar-refractivity contribution in [3.63, 3.8) is 0 Å². The number of hydrogen-bond acceptors (Lipinski definition) is 3. The zero-order valence-corrected chi connectivity index (χ0v) is 9.54. The monoisotopic (exact) mass is 233 g/mol. The Bertz CT molecular complexity index is 386. The van der Waals surface area contributed by atoms with Crippen molar-refractivity contribution in [2.24, 2.45) is 5.11 Å². The van der Waals surface area contributed by atoms with E-state index >= 15 is 0 Å². The molecule has 1 aromatic rings. The van der Waals surface area contributed by atoms with E-state index in [-0.39, 0.29) is 5.91 Å². The Morgan fingerprint density at radius 3 is 3.06 bits per heavy atom. The van der Waals surface area contributed by atoms with Crippen LogP contribution in [0.2, 0.25) is 0 Å². The highest BCUT2D eigenvalue weighted by Gasteiger charge is 2.02. The van der Waals surface area contributed by atoms with Gasteiger partial charge in [-0.2, -0.15) is 0 Å². The van der Waals surface area contributed by atoms with Gasteiger partial charge in [-0.15, -0.1) is 0 Å². The van der Waals surface area contributed by atoms with Crippen molar-refractivity contribution in [2.45, 2.75) is 19.3 Å². The minimum atomic E-state index is -0.0347. The summed E-state index contributed by atoms with van der Waals surface area (Å²) in [4.78, 5) is 18.2. The molecular formula is C11H15N5O. The lowest BCUT2D eigenvalue weighted by molar-refractivity contribution is -0.120. The molecule has 0 unspecified atom stereocenters. The van der Waals surface area contributed by atoms with E-state index in [1.54, 1.807) is 6.20 Å². The van der Waals surface area contributed by atoms with Gasteiger partial charge in [0.2, 0.25) is 5.91 Å². The Kier molecular flexibility index (Phi) is 6.21. The molecule has 0 aliphatic carbocycles. The molecule has 1 N–H and O–H groups in total. The number of azide groups is 1. The van der Waals surface area contributed by atoms with Crippen LogP contribution in [0.4, 0.5) is 0 Å². The minimum absolute atomic E-state index is 0.0347. The highest BCUT2D eigenvalue weighted by atomic mass is 16.1. The lowest BCUT2D eigenvalue weighted by Crippen LogP contribution is -2.26. The van der Waals surface area contributed by atoms with E-state index in [1.807, 2.05) is 18.2 Å². The third kappa shape index (κ3) is 6.17. The van der Waals surface area contributed by atoms with Gasteiger partial charge in [0.1, 0.15) is 0 Å². The van der Waals surface area contributed by atoms with E-state index in [4.69, 9.17) is 5.53 Å². The maximum Gasteiger partial charge on any atom is 0.226 e. The molecule has 1 rings (SSSR count). The second-order valence-corrected chi connectivity index (χ2v) is 3.51. The summed E-state index contributed by atoms with van der Waals surface area (Å²) in [5, 5.41) is 6.21. The average Bonchev–Trinajstić information content (AvgIpc) is 2.35. The normalized spacial score (nSPS) is 9.41. The number of nitrogens with zero attached hydrogens (tertiary/aromatic N) is 4. The van der Waals surface area contributed by atoms with Crippen LogP contribution in [0.5, 0.6) is 0 Å². The van der Waals surface area contributed by atoms with Crippen LogP contribution in [0.1, 0.15) is 18.5 Å². The van der Waals surface area contributed by atoms with Crippen molar-refractivity contribution in [1.82, 2.24) is 10.3 Å². The summed E-state index contributed by atoms with van der Waals surface area (Å²) >= 11 is 0. The Morgan fingerprint density at radius 2 is 2.35 bits per heavy atom. The summed E-state index contributed by atoms with van der Waals surface area (Å²) in [5.74, 6) is -0.0347. The van der Waals surface area contributed by atoms with Crippen LogP contribution in [-0.4, -0.2) is 24.0 Å². The molecule has 0 aliphatic rings. The zero-order valence-electron chi connectivity index (χ0n) is 9.54. The molecule has 1 aromatic heterocycles. The first-order chi connectivity index (χ1) is 8.33. The van der Waals surface area contributed by atoms with Crippen LogP contribution in [-0.2, 0) is 11.2 Å². The van der Waals surface area contributed by atoms with Gasteiger partial charge in [-0.25, -0.2) is 0 Å². The molecule has 6 nitrogen and oxygen atoms in total. The van der Waals surface area contributed by atoms with Crippen molar-refractivity contribution in [1.29, 1.82) is 0 Å². The lowest BCUT2D eigenvalue weighted by Gasteiger charge is -2.03. The van der Waals surface area contributed by atoms with Gasteiger partial charge in [-0.3, -0.25) is 9.78 Å². The molecular weight excluding hydrogens is 218 g/mol. The van der Waals surface area contributed by atoms with E-state index in [0.29, 0.717) is 19.5 Å². The van der Waals surface area contributed by atoms with Gasteiger partial charge < -0.3 is 5.32 Å². The number of rotatable bonds is 7. The maximum absolute atomic E-state index is 11.5.